The first-order valence-corrected chi connectivity index (χ1v) is 11.1. The summed E-state index contributed by atoms with van der Waals surface area (Å²) in [5.74, 6) is 0. The Bertz CT molecular complexity index is 637. The van der Waals surface area contributed by atoms with Crippen LogP contribution in [-0.2, 0) is 20.9 Å². The third kappa shape index (κ3) is 5.31. The van der Waals surface area contributed by atoms with Crippen molar-refractivity contribution >= 4 is 18.5 Å². The molecule has 0 bridgehead atoms. The van der Waals surface area contributed by atoms with E-state index < -0.39 is 49.4 Å². The lowest BCUT2D eigenvalue weighted by molar-refractivity contribution is -0.668. The van der Waals surface area contributed by atoms with Crippen LogP contribution in [0.3, 0.4) is 0 Å². The van der Waals surface area contributed by atoms with Gasteiger partial charge in [-0.15, -0.1) is 0 Å². The fraction of sp³-hybridized carbons (Fsp3) is 0.625. The minimum absolute atomic E-state index is 0.188. The van der Waals surface area contributed by atoms with Crippen molar-refractivity contribution in [3.05, 3.63) is 35.9 Å². The molecule has 154 valence electrons. The van der Waals surface area contributed by atoms with E-state index in [1.54, 1.807) is 24.3 Å². The summed E-state index contributed by atoms with van der Waals surface area (Å²) in [6, 6.07) is 8.74. The van der Waals surface area contributed by atoms with Gasteiger partial charge in [-0.1, -0.05) is 42.1 Å². The summed E-state index contributed by atoms with van der Waals surface area (Å²) in [5.41, 5.74) is 0.706. The van der Waals surface area contributed by atoms with E-state index in [1.807, 2.05) is 25.4 Å². The van der Waals surface area contributed by atoms with Gasteiger partial charge in [-0.3, -0.25) is 0 Å². The molecular formula is C16H26NO8PS. The number of benzene rings is 1. The maximum atomic E-state index is 12.8. The summed E-state index contributed by atoms with van der Waals surface area (Å²) in [6.07, 6.45) is -11.4. The molecule has 11 heteroatoms. The second-order valence-electron chi connectivity index (χ2n) is 6.60. The van der Waals surface area contributed by atoms with Crippen LogP contribution < -0.4 is 10.2 Å². The molecule has 3 unspecified atom stereocenters. The Hall–Kier alpha value is -0.490. The van der Waals surface area contributed by atoms with Gasteiger partial charge in [0.15, 0.2) is 0 Å². The Balaban J connectivity index is 2.20. The fourth-order valence-electron chi connectivity index (χ4n) is 2.91. The number of likely N-dealkylation sites (N-methyl/N-ethyl adjacent to an activating group) is 1. The molecule has 2 rings (SSSR count). The molecule has 0 spiro atoms. The van der Waals surface area contributed by atoms with Crippen LogP contribution in [0.1, 0.15) is 18.6 Å². The summed E-state index contributed by atoms with van der Waals surface area (Å²) >= 11 is 4.93. The quantitative estimate of drug-likeness (QED) is 0.253. The van der Waals surface area contributed by atoms with Crippen LogP contribution in [0.5, 0.6) is 0 Å². The molecule has 0 aromatic heterocycles. The summed E-state index contributed by atoms with van der Waals surface area (Å²) in [7, 11) is 1.81. The molecule has 27 heavy (non-hydrogen) atoms. The number of nitrogens with two attached hydrogens (primary N) is 1. The van der Waals surface area contributed by atoms with Crippen molar-refractivity contribution in [2.75, 3.05) is 7.05 Å². The molecule has 1 aromatic carbocycles. The molecule has 1 aliphatic rings. The van der Waals surface area contributed by atoms with Gasteiger partial charge in [-0.05, 0) is 12.5 Å². The number of hydrogen-bond donors (Lipinski definition) is 6. The van der Waals surface area contributed by atoms with E-state index in [0.29, 0.717) is 5.56 Å². The third-order valence-corrected chi connectivity index (χ3v) is 6.20. The number of aliphatic hydroxyl groups excluding tert-OH is 5. The van der Waals surface area contributed by atoms with Gasteiger partial charge in [0.1, 0.15) is 55.5 Å². The largest absolute Gasteiger partial charge is 0.780 e. The van der Waals surface area contributed by atoms with E-state index in [9.17, 15) is 30.4 Å². The van der Waals surface area contributed by atoms with Crippen molar-refractivity contribution < 1.29 is 44.8 Å². The SMILES string of the molecule is C[NH2+][C@H](C)[C@@H](OP([17O-])(=S)OC1[C@H](O)[C@H](O)C(O)[C@H](O)[C@H]1O)c1ccccc1. The van der Waals surface area contributed by atoms with E-state index >= 15 is 0 Å². The molecule has 1 aliphatic carbocycles. The van der Waals surface area contributed by atoms with Gasteiger partial charge < -0.3 is 44.8 Å². The molecule has 0 saturated heterocycles. The lowest BCUT2D eigenvalue weighted by atomic mass is 9.85. The Labute approximate surface area is 162 Å². The second kappa shape index (κ2) is 9.34. The maximum Gasteiger partial charge on any atom is 0.140 e. The van der Waals surface area contributed by atoms with Crippen molar-refractivity contribution in [3.8, 4) is 0 Å². The smallest absolute Gasteiger partial charge is 0.140 e. The number of hydrogen-bond acceptors (Lipinski definition) is 9. The molecule has 0 amide bonds. The minimum Gasteiger partial charge on any atom is -0.780 e. The average molecular weight is 424 g/mol. The van der Waals surface area contributed by atoms with Crippen LogP contribution in [0.2, 0.25) is 0 Å². The van der Waals surface area contributed by atoms with E-state index in [4.69, 9.17) is 20.9 Å². The van der Waals surface area contributed by atoms with Gasteiger partial charge in [0.05, 0.1) is 7.05 Å². The van der Waals surface area contributed by atoms with Gasteiger partial charge in [0, 0.05) is 0 Å². The molecule has 9 nitrogen and oxygen atoms in total. The van der Waals surface area contributed by atoms with Gasteiger partial charge in [0.2, 0.25) is 0 Å². The predicted octanol–water partition coefficient (Wildman–Crippen LogP) is -2.89. The highest BCUT2D eigenvalue weighted by atomic mass is 32.5. The zero-order valence-corrected chi connectivity index (χ0v) is 16.6. The minimum atomic E-state index is -4.26. The topological polar surface area (TPSA) is 159 Å². The molecular weight excluding hydrogens is 398 g/mol. The van der Waals surface area contributed by atoms with Gasteiger partial charge in [-0.25, -0.2) is 0 Å². The predicted molar refractivity (Wildman–Crippen MR) is 96.8 cm³/mol. The average Bonchev–Trinajstić information content (AvgIpc) is 2.66. The number of aliphatic hydroxyl groups is 5. The van der Waals surface area contributed by atoms with Gasteiger partial charge in [0.25, 0.3) is 0 Å². The van der Waals surface area contributed by atoms with Crippen molar-refractivity contribution in [2.45, 2.75) is 55.7 Å². The van der Waals surface area contributed by atoms with Crippen LogP contribution in [0.25, 0.3) is 0 Å². The Morgan fingerprint density at radius 1 is 1.00 bits per heavy atom. The Morgan fingerprint density at radius 2 is 1.48 bits per heavy atom. The zero-order chi connectivity index (χ0) is 20.4. The van der Waals surface area contributed by atoms with Crippen LogP contribution in [-0.4, -0.2) is 75.2 Å². The maximum absolute atomic E-state index is 12.8. The monoisotopic (exact) mass is 424 g/mol. The van der Waals surface area contributed by atoms with Crippen LogP contribution in [0, 0.1) is 0 Å². The number of quaternary nitrogens is 1. The Kier molecular flexibility index (Phi) is 7.88. The first-order valence-electron chi connectivity index (χ1n) is 8.51. The highest BCUT2D eigenvalue weighted by Crippen LogP contribution is 2.48. The summed E-state index contributed by atoms with van der Waals surface area (Å²) in [5, 5.41) is 51.0. The summed E-state index contributed by atoms with van der Waals surface area (Å²) in [6.45, 7) is -2.42. The molecule has 0 aliphatic heterocycles. The van der Waals surface area contributed by atoms with Gasteiger partial charge in [-0.2, -0.15) is 0 Å². The van der Waals surface area contributed by atoms with Crippen LogP contribution >= 0.6 is 6.72 Å². The lowest BCUT2D eigenvalue weighted by Crippen LogP contribution is -2.86. The second-order valence-corrected chi connectivity index (χ2v) is 9.26. The van der Waals surface area contributed by atoms with E-state index in [-0.39, 0.29) is 6.04 Å². The standard InChI is InChI=1S/C16H26NO8PS/c1-8(17-2)15(9-6-4-3-5-7-9)24-26(23,27)25-16-13(21)11(19)10(18)12(20)14(16)22/h3-8,10-22H,1-2H3,(H,23,27)/t8-,10?,11-,12+,13-,14-,15-,16?,26?/m1/s1/i23+1. The van der Waals surface area contributed by atoms with Crippen molar-refractivity contribution in [1.82, 2.24) is 0 Å². The van der Waals surface area contributed by atoms with Crippen LogP contribution in [0.4, 0.5) is 0 Å². The molecule has 1 aromatic rings. The van der Waals surface area contributed by atoms with Gasteiger partial charge >= 0.3 is 0 Å². The highest BCUT2D eigenvalue weighted by Gasteiger charge is 2.49. The molecule has 9 atom stereocenters. The van der Waals surface area contributed by atoms with E-state index in [0.717, 1.165) is 0 Å². The molecule has 1 saturated carbocycles. The zero-order valence-electron chi connectivity index (χ0n) is 14.9. The summed E-state index contributed by atoms with van der Waals surface area (Å²) < 4.78 is 10.7. The first kappa shape index (κ1) is 22.8. The molecule has 0 radical (unpaired) electrons. The normalized spacial score (nSPS) is 36.0. The van der Waals surface area contributed by atoms with Crippen molar-refractivity contribution in [1.29, 1.82) is 0 Å². The lowest BCUT2D eigenvalue weighted by Gasteiger charge is -2.45. The van der Waals surface area contributed by atoms with Crippen molar-refractivity contribution in [2.24, 2.45) is 0 Å². The highest BCUT2D eigenvalue weighted by molar-refractivity contribution is 8.06. The molecule has 7 N–H and O–H groups in total. The van der Waals surface area contributed by atoms with Crippen LogP contribution in [0.15, 0.2) is 30.3 Å². The first-order chi connectivity index (χ1) is 12.6. The van der Waals surface area contributed by atoms with E-state index in [1.165, 1.54) is 0 Å². The van der Waals surface area contributed by atoms with Crippen molar-refractivity contribution in [3.63, 3.8) is 0 Å². The Morgan fingerprint density at radius 3 is 1.96 bits per heavy atom. The van der Waals surface area contributed by atoms with E-state index in [2.05, 4.69) is 0 Å². The molecule has 0 heterocycles. The summed E-state index contributed by atoms with van der Waals surface area (Å²) in [4.78, 5) is 12.8. The molecule has 1 fully saturated rings. The number of rotatable bonds is 7. The third-order valence-electron chi connectivity index (χ3n) is 4.70. The fourth-order valence-corrected chi connectivity index (χ4v) is 4.68.